The van der Waals surface area contributed by atoms with Gasteiger partial charge in [-0.25, -0.2) is 14.8 Å². The average molecular weight is 352 g/mol. The summed E-state index contributed by atoms with van der Waals surface area (Å²) >= 11 is 0. The van der Waals surface area contributed by atoms with Gasteiger partial charge < -0.3 is 19.9 Å². The number of aliphatic hydroxyl groups is 1. The Balaban J connectivity index is 1.67. The lowest BCUT2D eigenvalue weighted by Gasteiger charge is -2.26. The highest BCUT2D eigenvalue weighted by Crippen LogP contribution is 2.26. The molecule has 1 aliphatic rings. The molecule has 0 saturated heterocycles. The number of nitrogens with one attached hydrogen (secondary N) is 1. The fourth-order valence-corrected chi connectivity index (χ4v) is 3.36. The zero-order chi connectivity index (χ0) is 18.1. The molecule has 3 N–H and O–H groups in total. The summed E-state index contributed by atoms with van der Waals surface area (Å²) in [5.41, 5.74) is 2.58. The fraction of sp³-hybridized carbons (Fsp3) is 0.316. The SMILES string of the molecule is O=C(O)c1ccc(-c2cn3ccnc3c(NC3CCC(O)CC3)n2)cc1. The molecular formula is C19H20N4O3. The lowest BCUT2D eigenvalue weighted by atomic mass is 9.93. The Kier molecular flexibility index (Phi) is 4.30. The van der Waals surface area contributed by atoms with Crippen LogP contribution in [0.5, 0.6) is 0 Å². The lowest BCUT2D eigenvalue weighted by Crippen LogP contribution is -2.28. The van der Waals surface area contributed by atoms with E-state index in [-0.39, 0.29) is 17.7 Å². The van der Waals surface area contributed by atoms with E-state index in [0.717, 1.165) is 42.6 Å². The number of fused-ring (bicyclic) bond motifs is 1. The van der Waals surface area contributed by atoms with E-state index in [1.165, 1.54) is 0 Å². The van der Waals surface area contributed by atoms with Crippen LogP contribution in [0, 0.1) is 0 Å². The first-order chi connectivity index (χ1) is 12.6. The molecule has 0 amide bonds. The van der Waals surface area contributed by atoms with E-state index >= 15 is 0 Å². The largest absolute Gasteiger partial charge is 0.478 e. The molecule has 1 saturated carbocycles. The van der Waals surface area contributed by atoms with Crippen molar-refractivity contribution in [2.24, 2.45) is 0 Å². The zero-order valence-corrected chi connectivity index (χ0v) is 14.2. The van der Waals surface area contributed by atoms with Gasteiger partial charge in [-0.05, 0) is 37.8 Å². The van der Waals surface area contributed by atoms with Gasteiger partial charge in [-0.15, -0.1) is 0 Å². The number of carbonyl (C=O) groups is 1. The van der Waals surface area contributed by atoms with Crippen LogP contribution in [0.2, 0.25) is 0 Å². The van der Waals surface area contributed by atoms with Crippen molar-refractivity contribution in [2.45, 2.75) is 37.8 Å². The molecule has 0 unspecified atom stereocenters. The van der Waals surface area contributed by atoms with Crippen molar-refractivity contribution >= 4 is 17.4 Å². The number of hydrogen-bond donors (Lipinski definition) is 3. The number of carboxylic acid groups (broad SMARTS) is 1. The number of hydrogen-bond acceptors (Lipinski definition) is 5. The molecule has 26 heavy (non-hydrogen) atoms. The number of imidazole rings is 1. The van der Waals surface area contributed by atoms with Crippen molar-refractivity contribution in [3.05, 3.63) is 48.4 Å². The molecule has 134 valence electrons. The molecule has 7 nitrogen and oxygen atoms in total. The number of rotatable bonds is 4. The van der Waals surface area contributed by atoms with E-state index in [9.17, 15) is 9.90 Å². The summed E-state index contributed by atoms with van der Waals surface area (Å²) in [5, 5.41) is 22.2. The maximum absolute atomic E-state index is 11.0. The molecule has 1 aliphatic carbocycles. The van der Waals surface area contributed by atoms with Crippen molar-refractivity contribution in [1.29, 1.82) is 0 Å². The number of anilines is 1. The molecule has 2 aromatic heterocycles. The number of benzene rings is 1. The number of aromatic carboxylic acids is 1. The van der Waals surface area contributed by atoms with Gasteiger partial charge in [-0.2, -0.15) is 0 Å². The maximum atomic E-state index is 11.0. The molecule has 0 radical (unpaired) electrons. The Morgan fingerprint density at radius 3 is 2.58 bits per heavy atom. The van der Waals surface area contributed by atoms with Gasteiger partial charge in [0.05, 0.1) is 17.4 Å². The highest BCUT2D eigenvalue weighted by Gasteiger charge is 2.21. The molecule has 2 heterocycles. The summed E-state index contributed by atoms with van der Waals surface area (Å²) in [6, 6.07) is 6.93. The predicted octanol–water partition coefficient (Wildman–Crippen LogP) is 2.81. The molecular weight excluding hydrogens is 332 g/mol. The topological polar surface area (TPSA) is 99.8 Å². The molecule has 1 fully saturated rings. The van der Waals surface area contributed by atoms with Gasteiger partial charge in [-0.1, -0.05) is 12.1 Å². The van der Waals surface area contributed by atoms with Crippen LogP contribution in [0.25, 0.3) is 16.9 Å². The molecule has 1 aromatic carbocycles. The second kappa shape index (κ2) is 6.76. The van der Waals surface area contributed by atoms with Gasteiger partial charge in [0.25, 0.3) is 0 Å². The second-order valence-corrected chi connectivity index (χ2v) is 6.67. The smallest absolute Gasteiger partial charge is 0.335 e. The van der Waals surface area contributed by atoms with Crippen molar-refractivity contribution in [3.63, 3.8) is 0 Å². The molecule has 4 rings (SSSR count). The molecule has 0 spiro atoms. The maximum Gasteiger partial charge on any atom is 0.335 e. The molecule has 0 atom stereocenters. The highest BCUT2D eigenvalue weighted by molar-refractivity contribution is 5.88. The molecule has 0 aliphatic heterocycles. The molecule has 0 bridgehead atoms. The van der Waals surface area contributed by atoms with Gasteiger partial charge >= 0.3 is 5.97 Å². The van der Waals surface area contributed by atoms with Gasteiger partial charge in [0.15, 0.2) is 11.5 Å². The van der Waals surface area contributed by atoms with Gasteiger partial charge in [0.1, 0.15) is 0 Å². The third-order valence-electron chi connectivity index (χ3n) is 4.84. The molecule has 7 heteroatoms. The van der Waals surface area contributed by atoms with Crippen LogP contribution < -0.4 is 5.32 Å². The van der Waals surface area contributed by atoms with Crippen molar-refractivity contribution < 1.29 is 15.0 Å². The van der Waals surface area contributed by atoms with E-state index in [4.69, 9.17) is 10.1 Å². The van der Waals surface area contributed by atoms with E-state index < -0.39 is 5.97 Å². The minimum atomic E-state index is -0.948. The summed E-state index contributed by atoms with van der Waals surface area (Å²) < 4.78 is 1.91. The normalized spacial score (nSPS) is 20.2. The summed E-state index contributed by atoms with van der Waals surface area (Å²) in [6.45, 7) is 0. The van der Waals surface area contributed by atoms with Crippen LogP contribution in [-0.4, -0.2) is 42.7 Å². The third-order valence-corrected chi connectivity index (χ3v) is 4.84. The van der Waals surface area contributed by atoms with Crippen LogP contribution in [0.3, 0.4) is 0 Å². The average Bonchev–Trinajstić information content (AvgIpc) is 3.12. The standard InChI is InChI=1S/C19H20N4O3/c24-15-7-5-14(6-8-15)21-17-18-20-9-10-23(18)11-16(22-17)12-1-3-13(4-2-12)19(25)26/h1-4,9-11,14-15,24H,5-8H2,(H,21,22)(H,25,26). The summed E-state index contributed by atoms with van der Waals surface area (Å²) in [4.78, 5) is 20.1. The summed E-state index contributed by atoms with van der Waals surface area (Å²) in [7, 11) is 0. The fourth-order valence-electron chi connectivity index (χ4n) is 3.36. The van der Waals surface area contributed by atoms with Crippen LogP contribution in [0.1, 0.15) is 36.0 Å². The highest BCUT2D eigenvalue weighted by atomic mass is 16.4. The Morgan fingerprint density at radius 2 is 1.88 bits per heavy atom. The molecule has 3 aromatic rings. The van der Waals surface area contributed by atoms with E-state index in [2.05, 4.69) is 10.3 Å². The summed E-state index contributed by atoms with van der Waals surface area (Å²) in [6.07, 6.45) is 8.64. The van der Waals surface area contributed by atoms with Crippen LogP contribution >= 0.6 is 0 Å². The minimum absolute atomic E-state index is 0.202. The Morgan fingerprint density at radius 1 is 1.15 bits per heavy atom. The van der Waals surface area contributed by atoms with Crippen LogP contribution in [-0.2, 0) is 0 Å². The first-order valence-electron chi connectivity index (χ1n) is 8.72. The Bertz CT molecular complexity index is 928. The van der Waals surface area contributed by atoms with Gasteiger partial charge in [0.2, 0.25) is 0 Å². The summed E-state index contributed by atoms with van der Waals surface area (Å²) in [5.74, 6) is -0.243. The van der Waals surface area contributed by atoms with Crippen molar-refractivity contribution in [1.82, 2.24) is 14.4 Å². The van der Waals surface area contributed by atoms with Gasteiger partial charge in [0, 0.05) is 30.2 Å². The first kappa shape index (κ1) is 16.5. The second-order valence-electron chi connectivity index (χ2n) is 6.67. The first-order valence-corrected chi connectivity index (χ1v) is 8.72. The van der Waals surface area contributed by atoms with E-state index in [0.29, 0.717) is 5.82 Å². The lowest BCUT2D eigenvalue weighted by molar-refractivity contribution is 0.0697. The van der Waals surface area contributed by atoms with Gasteiger partial charge in [-0.3, -0.25) is 0 Å². The van der Waals surface area contributed by atoms with Crippen LogP contribution in [0.15, 0.2) is 42.9 Å². The predicted molar refractivity (Wildman–Crippen MR) is 97.3 cm³/mol. The number of nitrogens with zero attached hydrogens (tertiary/aromatic N) is 3. The third kappa shape index (κ3) is 3.25. The van der Waals surface area contributed by atoms with E-state index in [1.807, 2.05) is 16.8 Å². The van der Waals surface area contributed by atoms with Crippen molar-refractivity contribution in [3.8, 4) is 11.3 Å². The van der Waals surface area contributed by atoms with E-state index in [1.54, 1.807) is 30.5 Å². The number of aliphatic hydroxyl groups excluding tert-OH is 1. The van der Waals surface area contributed by atoms with Crippen molar-refractivity contribution in [2.75, 3.05) is 5.32 Å². The Labute approximate surface area is 150 Å². The number of carboxylic acids is 1. The minimum Gasteiger partial charge on any atom is -0.478 e. The number of aromatic nitrogens is 3. The Hall–Kier alpha value is -2.93. The quantitative estimate of drug-likeness (QED) is 0.668. The zero-order valence-electron chi connectivity index (χ0n) is 14.2. The monoisotopic (exact) mass is 352 g/mol. The van der Waals surface area contributed by atoms with Crippen LogP contribution in [0.4, 0.5) is 5.82 Å².